The molecule has 0 fully saturated rings. The van der Waals surface area contributed by atoms with E-state index < -0.39 is 0 Å². The lowest BCUT2D eigenvalue weighted by Gasteiger charge is -2.25. The number of rotatable bonds is 3. The Hall–Kier alpha value is -5.65. The molecule has 4 nitrogen and oxygen atoms in total. The third-order valence-corrected chi connectivity index (χ3v) is 9.90. The van der Waals surface area contributed by atoms with Crippen LogP contribution >= 0.6 is 11.3 Å². The maximum absolute atomic E-state index is 6.34. The van der Waals surface area contributed by atoms with Crippen molar-refractivity contribution in [2.45, 2.75) is 0 Å². The first-order chi connectivity index (χ1) is 21.8. The van der Waals surface area contributed by atoms with Crippen molar-refractivity contribution in [1.82, 2.24) is 4.98 Å². The predicted octanol–water partition coefficient (Wildman–Crippen LogP) is 11.9. The van der Waals surface area contributed by atoms with Crippen LogP contribution in [0, 0.1) is 0 Å². The van der Waals surface area contributed by atoms with Crippen LogP contribution in [0.5, 0.6) is 0 Å². The molecule has 0 aliphatic rings. The fourth-order valence-corrected chi connectivity index (χ4v) is 7.93. The van der Waals surface area contributed by atoms with E-state index in [0.717, 1.165) is 66.5 Å². The Kier molecular flexibility index (Phi) is 4.84. The minimum atomic E-state index is 0.866. The minimum Gasteiger partial charge on any atom is -0.456 e. The van der Waals surface area contributed by atoms with Gasteiger partial charge in [-0.2, -0.15) is 0 Å². The summed E-state index contributed by atoms with van der Waals surface area (Å²) in [5.74, 6) is 0. The molecule has 4 heterocycles. The van der Waals surface area contributed by atoms with Crippen LogP contribution in [-0.2, 0) is 0 Å². The van der Waals surface area contributed by atoms with Gasteiger partial charge in [0.05, 0.1) is 5.52 Å². The third-order valence-electron chi connectivity index (χ3n) is 8.70. The number of para-hydroxylation sites is 2. The highest BCUT2D eigenvalue weighted by Gasteiger charge is 2.19. The Morgan fingerprint density at radius 2 is 1.07 bits per heavy atom. The van der Waals surface area contributed by atoms with E-state index in [1.54, 1.807) is 0 Å². The van der Waals surface area contributed by atoms with Gasteiger partial charge in [-0.15, -0.1) is 11.3 Å². The van der Waals surface area contributed by atoms with Gasteiger partial charge in [0.2, 0.25) is 0 Å². The van der Waals surface area contributed by atoms with Crippen LogP contribution in [0.1, 0.15) is 0 Å². The zero-order valence-corrected chi connectivity index (χ0v) is 24.1. The molecule has 0 aliphatic heterocycles. The molecule has 0 bridgehead atoms. The lowest BCUT2D eigenvalue weighted by molar-refractivity contribution is 0.668. The van der Waals surface area contributed by atoms with Gasteiger partial charge in [-0.3, -0.25) is 4.98 Å². The van der Waals surface area contributed by atoms with Gasteiger partial charge in [-0.1, -0.05) is 48.5 Å². The van der Waals surface area contributed by atoms with Gasteiger partial charge in [-0.25, -0.2) is 0 Å². The highest BCUT2D eigenvalue weighted by Crippen LogP contribution is 2.44. The maximum atomic E-state index is 6.34. The summed E-state index contributed by atoms with van der Waals surface area (Å²) in [4.78, 5) is 6.91. The van der Waals surface area contributed by atoms with Crippen LogP contribution in [0.25, 0.3) is 75.0 Å². The first-order valence-corrected chi connectivity index (χ1v) is 15.4. The summed E-state index contributed by atoms with van der Waals surface area (Å²) < 4.78 is 15.0. The molecule has 0 saturated carbocycles. The number of hydrogen-bond donors (Lipinski definition) is 0. The second-order valence-electron chi connectivity index (χ2n) is 11.2. The molecule has 0 saturated heterocycles. The van der Waals surface area contributed by atoms with Gasteiger partial charge in [-0.05, 0) is 72.8 Å². The number of thiophene rings is 1. The zero-order valence-electron chi connectivity index (χ0n) is 23.3. The minimum absolute atomic E-state index is 0.866. The summed E-state index contributed by atoms with van der Waals surface area (Å²) >= 11 is 1.82. The van der Waals surface area contributed by atoms with Gasteiger partial charge < -0.3 is 13.7 Å². The van der Waals surface area contributed by atoms with Crippen molar-refractivity contribution in [2.24, 2.45) is 0 Å². The molecule has 0 unspecified atom stereocenters. The molecule has 206 valence electrons. The molecule has 4 aromatic heterocycles. The average Bonchev–Trinajstić information content (AvgIpc) is 3.75. The molecule has 0 aliphatic carbocycles. The average molecular weight is 583 g/mol. The van der Waals surface area contributed by atoms with E-state index in [9.17, 15) is 0 Å². The van der Waals surface area contributed by atoms with Crippen molar-refractivity contribution in [2.75, 3.05) is 4.90 Å². The standard InChI is InChI=1S/C39H22N2O2S/c1-3-9-34-26(6-1)28-14-11-24(21-37(28)43-34)41(23-13-18-36-32(20-23)27-7-2-4-10-35(27)42-36)25-12-15-29-30-16-17-33-31(8-5-19-40-33)39(30)44-38(29)22-25/h1-22H. The van der Waals surface area contributed by atoms with E-state index in [2.05, 4.69) is 107 Å². The second-order valence-corrected chi connectivity index (χ2v) is 12.2. The highest BCUT2D eigenvalue weighted by atomic mass is 32.1. The lowest BCUT2D eigenvalue weighted by atomic mass is 10.1. The maximum Gasteiger partial charge on any atom is 0.137 e. The first-order valence-electron chi connectivity index (χ1n) is 14.6. The smallest absolute Gasteiger partial charge is 0.137 e. The Morgan fingerprint density at radius 3 is 1.93 bits per heavy atom. The fraction of sp³-hybridized carbons (Fsp3) is 0. The number of benzene rings is 6. The summed E-state index contributed by atoms with van der Waals surface area (Å²) in [5, 5.41) is 8.15. The monoisotopic (exact) mass is 582 g/mol. The van der Waals surface area contributed by atoms with E-state index in [0.29, 0.717) is 0 Å². The molecular weight excluding hydrogens is 561 g/mol. The first kappa shape index (κ1) is 23.9. The Bertz CT molecular complexity index is 2750. The predicted molar refractivity (Wildman–Crippen MR) is 184 cm³/mol. The van der Waals surface area contributed by atoms with Gasteiger partial charge in [0, 0.05) is 76.4 Å². The quantitative estimate of drug-likeness (QED) is 0.208. The Balaban J connectivity index is 1.22. The van der Waals surface area contributed by atoms with Crippen molar-refractivity contribution in [1.29, 1.82) is 0 Å². The van der Waals surface area contributed by atoms with Crippen molar-refractivity contribution in [3.05, 3.63) is 134 Å². The molecule has 0 radical (unpaired) electrons. The van der Waals surface area contributed by atoms with E-state index >= 15 is 0 Å². The number of anilines is 3. The number of hydrogen-bond acceptors (Lipinski definition) is 5. The molecule has 5 heteroatoms. The number of aromatic nitrogens is 1. The topological polar surface area (TPSA) is 42.4 Å². The van der Waals surface area contributed by atoms with E-state index in [1.165, 1.54) is 25.6 Å². The molecule has 0 amide bonds. The van der Waals surface area contributed by atoms with Gasteiger partial charge in [0.1, 0.15) is 22.3 Å². The normalized spacial score (nSPS) is 12.1. The van der Waals surface area contributed by atoms with Gasteiger partial charge in [0.15, 0.2) is 0 Å². The van der Waals surface area contributed by atoms with Crippen molar-refractivity contribution in [3.8, 4) is 0 Å². The van der Waals surface area contributed by atoms with E-state index in [4.69, 9.17) is 8.83 Å². The summed E-state index contributed by atoms with van der Waals surface area (Å²) in [7, 11) is 0. The molecule has 6 aromatic carbocycles. The summed E-state index contributed by atoms with van der Waals surface area (Å²) in [5.41, 5.74) is 7.71. The molecule has 10 aromatic rings. The Morgan fingerprint density at radius 1 is 0.455 bits per heavy atom. The van der Waals surface area contributed by atoms with Crippen LogP contribution in [0.4, 0.5) is 17.1 Å². The van der Waals surface area contributed by atoms with Crippen molar-refractivity contribution >= 4 is 103 Å². The largest absolute Gasteiger partial charge is 0.456 e. The van der Waals surface area contributed by atoms with E-state index in [1.807, 2.05) is 47.9 Å². The third kappa shape index (κ3) is 3.41. The van der Waals surface area contributed by atoms with Gasteiger partial charge >= 0.3 is 0 Å². The molecule has 0 atom stereocenters. The number of pyridine rings is 1. The Labute approximate surface area is 255 Å². The fourth-order valence-electron chi connectivity index (χ4n) is 6.67. The van der Waals surface area contributed by atoms with Gasteiger partial charge in [0.25, 0.3) is 0 Å². The molecule has 0 N–H and O–H groups in total. The number of furan rings is 2. The SMILES string of the molecule is c1ccc2c(c1)oc1cc(N(c3ccc4c(c3)sc3c5cccnc5ccc43)c3ccc4oc5ccccc5c4c3)ccc12. The highest BCUT2D eigenvalue weighted by molar-refractivity contribution is 7.26. The van der Waals surface area contributed by atoms with Crippen LogP contribution in [0.2, 0.25) is 0 Å². The number of nitrogens with zero attached hydrogens (tertiary/aromatic N) is 2. The number of fused-ring (bicyclic) bond motifs is 11. The summed E-state index contributed by atoms with van der Waals surface area (Å²) in [6.45, 7) is 0. The van der Waals surface area contributed by atoms with Crippen LogP contribution in [-0.4, -0.2) is 4.98 Å². The van der Waals surface area contributed by atoms with Crippen LogP contribution in [0.3, 0.4) is 0 Å². The summed E-state index contributed by atoms with van der Waals surface area (Å²) in [6, 6.07) is 44.7. The van der Waals surface area contributed by atoms with Crippen LogP contribution in [0.15, 0.2) is 142 Å². The zero-order chi connectivity index (χ0) is 28.8. The lowest BCUT2D eigenvalue weighted by Crippen LogP contribution is -2.09. The van der Waals surface area contributed by atoms with Crippen LogP contribution < -0.4 is 4.90 Å². The molecule has 10 rings (SSSR count). The molecular formula is C39H22N2O2S. The van der Waals surface area contributed by atoms with Crippen molar-refractivity contribution < 1.29 is 8.83 Å². The second kappa shape index (κ2) is 8.93. The van der Waals surface area contributed by atoms with E-state index in [-0.39, 0.29) is 0 Å². The molecule has 44 heavy (non-hydrogen) atoms. The van der Waals surface area contributed by atoms with Crippen molar-refractivity contribution in [3.63, 3.8) is 0 Å². The summed E-state index contributed by atoms with van der Waals surface area (Å²) in [6.07, 6.45) is 1.86. The molecule has 0 spiro atoms.